The molecule has 0 saturated heterocycles. The zero-order valence-corrected chi connectivity index (χ0v) is 15.1. The van der Waals surface area contributed by atoms with Gasteiger partial charge >= 0.3 is 0 Å². The lowest BCUT2D eigenvalue weighted by Gasteiger charge is -2.17. The van der Waals surface area contributed by atoms with Crippen molar-refractivity contribution in [3.8, 4) is 0 Å². The van der Waals surface area contributed by atoms with Gasteiger partial charge < -0.3 is 15.6 Å². The Labute approximate surface area is 143 Å². The van der Waals surface area contributed by atoms with Gasteiger partial charge in [-0.1, -0.05) is 34.6 Å². The molecule has 0 unspecified atom stereocenters. The van der Waals surface area contributed by atoms with Gasteiger partial charge in [-0.25, -0.2) is 0 Å². The SMILES string of the molecule is CC(C)CNC(=O)c1cc2cc(NC(=O)CC(C)(C)C)ccc2[nH]1. The second kappa shape index (κ2) is 7.07. The van der Waals surface area contributed by atoms with Crippen LogP contribution in [0.4, 0.5) is 5.69 Å². The second-order valence-corrected chi connectivity index (χ2v) is 7.87. The normalized spacial score (nSPS) is 11.8. The number of hydrogen-bond acceptors (Lipinski definition) is 2. The Hall–Kier alpha value is -2.30. The van der Waals surface area contributed by atoms with Crippen LogP contribution in [-0.4, -0.2) is 23.3 Å². The highest BCUT2D eigenvalue weighted by Crippen LogP contribution is 2.23. The molecule has 130 valence electrons. The number of H-pyrrole nitrogens is 1. The van der Waals surface area contributed by atoms with Crippen molar-refractivity contribution < 1.29 is 9.59 Å². The molecule has 0 spiro atoms. The summed E-state index contributed by atoms with van der Waals surface area (Å²) in [5.41, 5.74) is 2.09. The lowest BCUT2D eigenvalue weighted by molar-refractivity contribution is -0.117. The van der Waals surface area contributed by atoms with Crippen molar-refractivity contribution in [1.82, 2.24) is 10.3 Å². The Morgan fingerprint density at radius 3 is 2.50 bits per heavy atom. The average molecular weight is 329 g/mol. The number of fused-ring (bicyclic) bond motifs is 1. The van der Waals surface area contributed by atoms with Gasteiger partial charge in [0.2, 0.25) is 5.91 Å². The van der Waals surface area contributed by atoms with E-state index in [0.29, 0.717) is 24.6 Å². The molecule has 0 aliphatic carbocycles. The van der Waals surface area contributed by atoms with Crippen LogP contribution in [0.5, 0.6) is 0 Å². The largest absolute Gasteiger partial charge is 0.351 e. The van der Waals surface area contributed by atoms with E-state index < -0.39 is 0 Å². The molecule has 5 nitrogen and oxygen atoms in total. The maximum atomic E-state index is 12.1. The maximum Gasteiger partial charge on any atom is 0.267 e. The van der Waals surface area contributed by atoms with Gasteiger partial charge in [0.1, 0.15) is 5.69 Å². The van der Waals surface area contributed by atoms with E-state index in [9.17, 15) is 9.59 Å². The number of benzene rings is 1. The highest BCUT2D eigenvalue weighted by Gasteiger charge is 2.16. The van der Waals surface area contributed by atoms with Gasteiger partial charge in [0.05, 0.1) is 0 Å². The van der Waals surface area contributed by atoms with E-state index >= 15 is 0 Å². The highest BCUT2D eigenvalue weighted by atomic mass is 16.2. The van der Waals surface area contributed by atoms with Crippen molar-refractivity contribution in [2.24, 2.45) is 11.3 Å². The molecule has 5 heteroatoms. The Kier molecular flexibility index (Phi) is 5.32. The molecular formula is C19H27N3O2. The summed E-state index contributed by atoms with van der Waals surface area (Å²) in [6.07, 6.45) is 0.459. The van der Waals surface area contributed by atoms with Crippen LogP contribution >= 0.6 is 0 Å². The van der Waals surface area contributed by atoms with Crippen LogP contribution in [0.2, 0.25) is 0 Å². The number of carbonyl (C=O) groups excluding carboxylic acids is 2. The lowest BCUT2D eigenvalue weighted by Crippen LogP contribution is -2.27. The van der Waals surface area contributed by atoms with Gasteiger partial charge in [-0.2, -0.15) is 0 Å². The molecule has 2 aromatic rings. The summed E-state index contributed by atoms with van der Waals surface area (Å²) in [4.78, 5) is 27.3. The van der Waals surface area contributed by atoms with Crippen LogP contribution in [0, 0.1) is 11.3 Å². The lowest BCUT2D eigenvalue weighted by atomic mass is 9.92. The molecule has 2 rings (SSSR count). The van der Waals surface area contributed by atoms with Crippen molar-refractivity contribution in [1.29, 1.82) is 0 Å². The number of hydrogen-bond donors (Lipinski definition) is 3. The van der Waals surface area contributed by atoms with Crippen molar-refractivity contribution in [3.05, 3.63) is 30.0 Å². The minimum absolute atomic E-state index is 0.00714. The molecule has 0 aliphatic heterocycles. The quantitative estimate of drug-likeness (QED) is 0.777. The minimum Gasteiger partial charge on any atom is -0.351 e. The Morgan fingerprint density at radius 2 is 1.88 bits per heavy atom. The van der Waals surface area contributed by atoms with E-state index in [1.807, 2.05) is 45.0 Å². The van der Waals surface area contributed by atoms with Gasteiger partial charge in [0.25, 0.3) is 5.91 Å². The van der Waals surface area contributed by atoms with E-state index in [1.54, 1.807) is 0 Å². The fourth-order valence-corrected chi connectivity index (χ4v) is 2.41. The van der Waals surface area contributed by atoms with Gasteiger partial charge in [0.15, 0.2) is 0 Å². The second-order valence-electron chi connectivity index (χ2n) is 7.87. The number of anilines is 1. The fraction of sp³-hybridized carbons (Fsp3) is 0.474. The van der Waals surface area contributed by atoms with Crippen LogP contribution in [0.15, 0.2) is 24.3 Å². The number of rotatable bonds is 5. The third-order valence-corrected chi connectivity index (χ3v) is 3.51. The maximum absolute atomic E-state index is 12.1. The fourth-order valence-electron chi connectivity index (χ4n) is 2.41. The molecule has 0 aliphatic rings. The van der Waals surface area contributed by atoms with Gasteiger partial charge in [-0.15, -0.1) is 0 Å². The predicted octanol–water partition coefficient (Wildman–Crippen LogP) is 3.93. The molecule has 0 saturated carbocycles. The summed E-state index contributed by atoms with van der Waals surface area (Å²) < 4.78 is 0. The number of amides is 2. The Morgan fingerprint density at radius 1 is 1.17 bits per heavy atom. The first-order valence-corrected chi connectivity index (χ1v) is 8.35. The number of nitrogens with one attached hydrogen (secondary N) is 3. The van der Waals surface area contributed by atoms with Crippen LogP contribution < -0.4 is 10.6 Å². The molecule has 0 atom stereocenters. The summed E-state index contributed by atoms with van der Waals surface area (Å²) in [5, 5.41) is 6.71. The molecule has 0 radical (unpaired) electrons. The molecule has 24 heavy (non-hydrogen) atoms. The smallest absolute Gasteiger partial charge is 0.267 e. The van der Waals surface area contributed by atoms with Crippen molar-refractivity contribution in [2.75, 3.05) is 11.9 Å². The van der Waals surface area contributed by atoms with Crippen LogP contribution in [0.25, 0.3) is 10.9 Å². The third kappa shape index (κ3) is 5.11. The van der Waals surface area contributed by atoms with E-state index in [1.165, 1.54) is 0 Å². The summed E-state index contributed by atoms with van der Waals surface area (Å²) in [6.45, 7) is 10.8. The van der Waals surface area contributed by atoms with E-state index in [4.69, 9.17) is 0 Å². The van der Waals surface area contributed by atoms with E-state index in [0.717, 1.165) is 16.6 Å². The summed E-state index contributed by atoms with van der Waals surface area (Å²) in [6, 6.07) is 7.41. The zero-order valence-electron chi connectivity index (χ0n) is 15.1. The van der Waals surface area contributed by atoms with Crippen molar-refractivity contribution in [2.45, 2.75) is 41.0 Å². The van der Waals surface area contributed by atoms with Crippen LogP contribution in [-0.2, 0) is 4.79 Å². The predicted molar refractivity (Wildman–Crippen MR) is 98.2 cm³/mol. The number of aromatic amines is 1. The molecule has 2 amide bonds. The molecule has 1 heterocycles. The van der Waals surface area contributed by atoms with Crippen molar-refractivity contribution in [3.63, 3.8) is 0 Å². The molecule has 0 bridgehead atoms. The van der Waals surface area contributed by atoms with E-state index in [-0.39, 0.29) is 17.2 Å². The van der Waals surface area contributed by atoms with Gasteiger partial charge in [-0.05, 0) is 35.6 Å². The minimum atomic E-state index is -0.113. The summed E-state index contributed by atoms with van der Waals surface area (Å²) in [5.74, 6) is 0.286. The Balaban J connectivity index is 2.11. The highest BCUT2D eigenvalue weighted by molar-refractivity contribution is 6.00. The standard InChI is InChI=1S/C19H27N3O2/c1-12(2)11-20-18(24)16-9-13-8-14(6-7-15(13)22-16)21-17(23)10-19(3,4)5/h6-9,12,22H,10-11H2,1-5H3,(H,20,24)(H,21,23). The first kappa shape index (κ1) is 18.0. The molecular weight excluding hydrogens is 302 g/mol. The first-order chi connectivity index (χ1) is 11.1. The Bertz CT molecular complexity index is 739. The summed E-state index contributed by atoms with van der Waals surface area (Å²) >= 11 is 0. The van der Waals surface area contributed by atoms with Crippen LogP contribution in [0.1, 0.15) is 51.5 Å². The number of carbonyl (C=O) groups is 2. The first-order valence-electron chi connectivity index (χ1n) is 8.35. The van der Waals surface area contributed by atoms with Gasteiger partial charge in [-0.3, -0.25) is 9.59 Å². The van der Waals surface area contributed by atoms with Crippen molar-refractivity contribution >= 4 is 28.4 Å². The number of aromatic nitrogens is 1. The monoisotopic (exact) mass is 329 g/mol. The third-order valence-electron chi connectivity index (χ3n) is 3.51. The van der Waals surface area contributed by atoms with Gasteiger partial charge in [0, 0.05) is 29.6 Å². The average Bonchev–Trinajstić information content (AvgIpc) is 2.85. The summed E-state index contributed by atoms with van der Waals surface area (Å²) in [7, 11) is 0. The molecule has 1 aromatic heterocycles. The van der Waals surface area contributed by atoms with Crippen LogP contribution in [0.3, 0.4) is 0 Å². The van der Waals surface area contributed by atoms with E-state index in [2.05, 4.69) is 29.5 Å². The zero-order chi connectivity index (χ0) is 17.9. The topological polar surface area (TPSA) is 74.0 Å². The molecule has 0 fully saturated rings. The molecule has 3 N–H and O–H groups in total. The molecule has 1 aromatic carbocycles.